The lowest BCUT2D eigenvalue weighted by Gasteiger charge is -2.42. The molecule has 0 saturated carbocycles. The highest BCUT2D eigenvalue weighted by molar-refractivity contribution is 9.10. The van der Waals surface area contributed by atoms with Crippen LogP contribution in [0.15, 0.2) is 47.1 Å². The summed E-state index contributed by atoms with van der Waals surface area (Å²) in [5.74, 6) is 0.245. The number of carbonyl (C=O) groups excluding carboxylic acids is 2. The van der Waals surface area contributed by atoms with E-state index in [-0.39, 0.29) is 17.9 Å². The quantitative estimate of drug-likeness (QED) is 0.788. The predicted molar refractivity (Wildman–Crippen MR) is 111 cm³/mol. The topological polar surface area (TPSA) is 59.7 Å². The highest BCUT2D eigenvalue weighted by atomic mass is 79.9. The molecular weight excluding hydrogens is 420 g/mol. The van der Waals surface area contributed by atoms with Gasteiger partial charge in [0.25, 0.3) is 5.91 Å². The van der Waals surface area contributed by atoms with Crippen molar-refractivity contribution in [2.75, 3.05) is 32.7 Å². The molecule has 0 aliphatic carbocycles. The van der Waals surface area contributed by atoms with Gasteiger partial charge < -0.3 is 14.8 Å². The maximum Gasteiger partial charge on any atom is 0.270 e. The molecule has 0 radical (unpaired) electrons. The number of halogens is 1. The number of H-pyrrole nitrogens is 1. The standard InChI is InChI=1S/C21H25BrN4O2/c22-17-13-18(23-14-17)20(27)25-11-9-24(10-12-25)19-7-4-8-26(21(19)28)15-16-5-2-1-3-6-16/h1-3,5-6,13-14,19,23H,4,7-12,15H2/t19-/m1/s1. The van der Waals surface area contributed by atoms with Crippen LogP contribution in [0.1, 0.15) is 28.9 Å². The maximum atomic E-state index is 13.1. The zero-order chi connectivity index (χ0) is 19.5. The number of piperazine rings is 1. The fourth-order valence-electron chi connectivity index (χ4n) is 4.12. The number of nitrogens with zero attached hydrogens (tertiary/aromatic N) is 3. The van der Waals surface area contributed by atoms with Gasteiger partial charge in [0.2, 0.25) is 5.91 Å². The number of nitrogens with one attached hydrogen (secondary N) is 1. The van der Waals surface area contributed by atoms with E-state index in [1.807, 2.05) is 28.0 Å². The third-order valence-electron chi connectivity index (χ3n) is 5.64. The Morgan fingerprint density at radius 1 is 1.11 bits per heavy atom. The number of likely N-dealkylation sites (tertiary alicyclic amines) is 1. The monoisotopic (exact) mass is 444 g/mol. The van der Waals surface area contributed by atoms with E-state index in [4.69, 9.17) is 0 Å². The molecule has 2 aromatic rings. The van der Waals surface area contributed by atoms with Crippen LogP contribution in [0.5, 0.6) is 0 Å². The molecule has 2 fully saturated rings. The molecule has 4 rings (SSSR count). The van der Waals surface area contributed by atoms with Gasteiger partial charge in [0.15, 0.2) is 0 Å². The van der Waals surface area contributed by atoms with Gasteiger partial charge in [-0.2, -0.15) is 0 Å². The number of aromatic nitrogens is 1. The molecule has 7 heteroatoms. The summed E-state index contributed by atoms with van der Waals surface area (Å²) >= 11 is 3.37. The van der Waals surface area contributed by atoms with Gasteiger partial charge in [-0.3, -0.25) is 14.5 Å². The smallest absolute Gasteiger partial charge is 0.270 e. The predicted octanol–water partition coefficient (Wildman–Crippen LogP) is 2.73. The summed E-state index contributed by atoms with van der Waals surface area (Å²) < 4.78 is 0.876. The lowest BCUT2D eigenvalue weighted by atomic mass is 10.0. The molecule has 1 atom stereocenters. The number of aromatic amines is 1. The van der Waals surface area contributed by atoms with E-state index in [9.17, 15) is 9.59 Å². The van der Waals surface area contributed by atoms with Crippen molar-refractivity contribution < 1.29 is 9.59 Å². The largest absolute Gasteiger partial charge is 0.356 e. The average molecular weight is 445 g/mol. The molecular formula is C21H25BrN4O2. The fourth-order valence-corrected chi connectivity index (χ4v) is 4.46. The van der Waals surface area contributed by atoms with E-state index in [0.717, 1.165) is 36.9 Å². The minimum atomic E-state index is -0.0608. The third-order valence-corrected chi connectivity index (χ3v) is 6.10. The van der Waals surface area contributed by atoms with Crippen molar-refractivity contribution in [1.82, 2.24) is 19.7 Å². The first-order chi connectivity index (χ1) is 13.6. The third kappa shape index (κ3) is 4.15. The maximum absolute atomic E-state index is 13.1. The molecule has 1 N–H and O–H groups in total. The first-order valence-corrected chi connectivity index (χ1v) is 10.6. The van der Waals surface area contributed by atoms with Gasteiger partial charge in [0.05, 0.1) is 6.04 Å². The number of piperidine rings is 1. The van der Waals surface area contributed by atoms with E-state index in [2.05, 4.69) is 37.9 Å². The number of rotatable bonds is 4. The number of amides is 2. The van der Waals surface area contributed by atoms with E-state index in [1.54, 1.807) is 12.3 Å². The number of carbonyl (C=O) groups is 2. The molecule has 2 aliphatic rings. The lowest BCUT2D eigenvalue weighted by Crippen LogP contribution is -2.58. The molecule has 3 heterocycles. The van der Waals surface area contributed by atoms with E-state index in [0.29, 0.717) is 25.3 Å². The second-order valence-corrected chi connectivity index (χ2v) is 8.38. The summed E-state index contributed by atoms with van der Waals surface area (Å²) in [4.78, 5) is 34.8. The van der Waals surface area contributed by atoms with Crippen LogP contribution in [0.25, 0.3) is 0 Å². The normalized spacial score (nSPS) is 21.2. The Kier molecular flexibility index (Phi) is 5.82. The highest BCUT2D eigenvalue weighted by Crippen LogP contribution is 2.21. The van der Waals surface area contributed by atoms with Crippen LogP contribution in [-0.4, -0.2) is 70.3 Å². The Hall–Kier alpha value is -2.12. The molecule has 6 nitrogen and oxygen atoms in total. The van der Waals surface area contributed by atoms with E-state index in [1.165, 1.54) is 5.56 Å². The van der Waals surface area contributed by atoms with Gasteiger partial charge in [-0.15, -0.1) is 0 Å². The summed E-state index contributed by atoms with van der Waals surface area (Å²) in [6, 6.07) is 11.9. The summed E-state index contributed by atoms with van der Waals surface area (Å²) in [6.07, 6.45) is 3.70. The molecule has 1 aromatic carbocycles. The van der Waals surface area contributed by atoms with E-state index < -0.39 is 0 Å². The van der Waals surface area contributed by atoms with Crippen LogP contribution >= 0.6 is 15.9 Å². The fraction of sp³-hybridized carbons (Fsp3) is 0.429. The SMILES string of the molecule is O=C(c1cc(Br)c[nH]1)N1CCN([C@@H]2CCCN(Cc3ccccc3)C2=O)CC1. The molecule has 0 bridgehead atoms. The first-order valence-electron chi connectivity index (χ1n) is 9.82. The summed E-state index contributed by atoms with van der Waals surface area (Å²) in [5.41, 5.74) is 1.77. The first kappa shape index (κ1) is 19.2. The number of hydrogen-bond acceptors (Lipinski definition) is 3. The lowest BCUT2D eigenvalue weighted by molar-refractivity contribution is -0.141. The van der Waals surface area contributed by atoms with Gasteiger partial charge in [0, 0.05) is 49.9 Å². The Labute approximate surface area is 173 Å². The second kappa shape index (κ2) is 8.49. The van der Waals surface area contributed by atoms with Gasteiger partial charge in [-0.1, -0.05) is 30.3 Å². The average Bonchev–Trinajstić information content (AvgIpc) is 3.16. The summed E-state index contributed by atoms with van der Waals surface area (Å²) in [5, 5.41) is 0. The number of benzene rings is 1. The van der Waals surface area contributed by atoms with Gasteiger partial charge in [-0.25, -0.2) is 0 Å². The molecule has 0 spiro atoms. The van der Waals surface area contributed by atoms with Crippen molar-refractivity contribution in [2.24, 2.45) is 0 Å². The molecule has 0 unspecified atom stereocenters. The van der Waals surface area contributed by atoms with Crippen LogP contribution in [0.4, 0.5) is 0 Å². The van der Waals surface area contributed by atoms with Crippen molar-refractivity contribution in [1.29, 1.82) is 0 Å². The van der Waals surface area contributed by atoms with Gasteiger partial charge >= 0.3 is 0 Å². The Balaban J connectivity index is 1.34. The Morgan fingerprint density at radius 3 is 2.54 bits per heavy atom. The van der Waals surface area contributed by atoms with Gasteiger partial charge in [0.1, 0.15) is 5.69 Å². The zero-order valence-corrected chi connectivity index (χ0v) is 17.4. The Bertz CT molecular complexity index is 830. The van der Waals surface area contributed by atoms with Crippen molar-refractivity contribution in [3.05, 3.63) is 58.3 Å². The van der Waals surface area contributed by atoms with Crippen LogP contribution < -0.4 is 0 Å². The second-order valence-electron chi connectivity index (χ2n) is 7.46. The summed E-state index contributed by atoms with van der Waals surface area (Å²) in [7, 11) is 0. The van der Waals surface area contributed by atoms with Crippen LogP contribution in [0.3, 0.4) is 0 Å². The molecule has 2 saturated heterocycles. The summed E-state index contributed by atoms with van der Waals surface area (Å²) in [6.45, 7) is 4.28. The minimum Gasteiger partial charge on any atom is -0.356 e. The molecule has 2 amide bonds. The van der Waals surface area contributed by atoms with Crippen molar-refractivity contribution in [2.45, 2.75) is 25.4 Å². The number of hydrogen-bond donors (Lipinski definition) is 1. The molecule has 148 valence electrons. The highest BCUT2D eigenvalue weighted by Gasteiger charge is 2.35. The van der Waals surface area contributed by atoms with E-state index >= 15 is 0 Å². The molecule has 2 aliphatic heterocycles. The van der Waals surface area contributed by atoms with Crippen LogP contribution in [0.2, 0.25) is 0 Å². The van der Waals surface area contributed by atoms with Crippen molar-refractivity contribution in [3.8, 4) is 0 Å². The van der Waals surface area contributed by atoms with Crippen molar-refractivity contribution in [3.63, 3.8) is 0 Å². The van der Waals surface area contributed by atoms with Crippen molar-refractivity contribution >= 4 is 27.7 Å². The Morgan fingerprint density at radius 2 is 1.86 bits per heavy atom. The van der Waals surface area contributed by atoms with Gasteiger partial charge in [-0.05, 0) is 40.4 Å². The van der Waals surface area contributed by atoms with Crippen LogP contribution in [-0.2, 0) is 11.3 Å². The molecule has 1 aromatic heterocycles. The zero-order valence-electron chi connectivity index (χ0n) is 15.8. The molecule has 28 heavy (non-hydrogen) atoms. The van der Waals surface area contributed by atoms with Crippen LogP contribution in [0, 0.1) is 0 Å². The minimum absolute atomic E-state index is 0.0195.